The van der Waals surface area contributed by atoms with Crippen molar-refractivity contribution in [2.75, 3.05) is 6.54 Å². The molecule has 0 fully saturated rings. The minimum atomic E-state index is 0. The van der Waals surface area contributed by atoms with E-state index in [9.17, 15) is 0 Å². The maximum Gasteiger partial charge on any atom is 1.00 e. The average molecular weight is 158 g/mol. The van der Waals surface area contributed by atoms with Crippen LogP contribution in [0, 0.1) is 0 Å². The minimum Gasteiger partial charge on any atom is -1.00 e. The Morgan fingerprint density at radius 3 is 2.30 bits per heavy atom. The minimum absolute atomic E-state index is 0. The molecule has 0 unspecified atom stereocenters. The Morgan fingerprint density at radius 2 is 1.80 bits per heavy atom. The van der Waals surface area contributed by atoms with E-state index >= 15 is 0 Å². The average Bonchev–Trinajstić information content (AvgIpc) is 1.91. The molecule has 0 spiro atoms. The molecular formula is C8H12ClN. The molecule has 0 atom stereocenters. The molecular weight excluding hydrogens is 146 g/mol. The van der Waals surface area contributed by atoms with E-state index in [1.165, 1.54) is 5.56 Å². The fourth-order valence-electron chi connectivity index (χ4n) is 0.811. The molecule has 0 aliphatic rings. The molecule has 0 aromatic heterocycles. The summed E-state index contributed by atoms with van der Waals surface area (Å²) in [5, 5.41) is 0. The monoisotopic (exact) mass is 157 g/mol. The topological polar surface area (TPSA) is 26.0 Å². The lowest BCUT2D eigenvalue weighted by Gasteiger charge is -1.93. The zero-order valence-corrected chi connectivity index (χ0v) is 6.51. The Labute approximate surface area is 69.1 Å². The molecule has 2 N–H and O–H groups in total. The molecule has 0 aliphatic carbocycles. The number of benzene rings is 1. The van der Waals surface area contributed by atoms with Gasteiger partial charge in [-0.15, -0.1) is 0 Å². The smallest absolute Gasteiger partial charge is 1.00 e. The van der Waals surface area contributed by atoms with Gasteiger partial charge in [0.2, 0.25) is 0 Å². The van der Waals surface area contributed by atoms with Gasteiger partial charge in [-0.3, -0.25) is 0 Å². The number of hydrogen-bond donors (Lipinski definition) is 1. The third-order valence-corrected chi connectivity index (χ3v) is 1.28. The second-order valence-electron chi connectivity index (χ2n) is 2.02. The van der Waals surface area contributed by atoms with Crippen molar-refractivity contribution in [3.63, 3.8) is 0 Å². The predicted molar refractivity (Wildman–Crippen MR) is 40.3 cm³/mol. The summed E-state index contributed by atoms with van der Waals surface area (Å²) in [6, 6.07) is 10.3. The molecule has 2 heteroatoms. The third-order valence-electron chi connectivity index (χ3n) is 1.28. The van der Waals surface area contributed by atoms with Gasteiger partial charge in [0.25, 0.3) is 0 Å². The number of nitrogens with two attached hydrogens (primary N) is 1. The summed E-state index contributed by atoms with van der Waals surface area (Å²) in [6.07, 6.45) is 0.987. The van der Waals surface area contributed by atoms with E-state index in [1.54, 1.807) is 0 Å². The number of hydrogen-bond acceptors (Lipinski definition) is 1. The molecule has 1 aromatic carbocycles. The van der Waals surface area contributed by atoms with Crippen molar-refractivity contribution in [3.8, 4) is 0 Å². The van der Waals surface area contributed by atoms with Crippen molar-refractivity contribution >= 4 is 0 Å². The van der Waals surface area contributed by atoms with E-state index in [2.05, 4.69) is 12.1 Å². The molecule has 56 valence electrons. The normalized spacial score (nSPS) is 8.50. The van der Waals surface area contributed by atoms with E-state index in [-0.39, 0.29) is 13.8 Å². The first-order valence-corrected chi connectivity index (χ1v) is 3.17. The Morgan fingerprint density at radius 1 is 1.20 bits per heavy atom. The summed E-state index contributed by atoms with van der Waals surface area (Å²) in [5.74, 6) is 0. The van der Waals surface area contributed by atoms with Crippen LogP contribution in [-0.4, -0.2) is 6.54 Å². The van der Waals surface area contributed by atoms with Gasteiger partial charge >= 0.3 is 1.43 Å². The summed E-state index contributed by atoms with van der Waals surface area (Å²) >= 11 is 0. The highest BCUT2D eigenvalue weighted by Gasteiger charge is 1.84. The molecule has 0 bridgehead atoms. The van der Waals surface area contributed by atoms with Gasteiger partial charge in [0.15, 0.2) is 0 Å². The van der Waals surface area contributed by atoms with Crippen LogP contribution >= 0.6 is 0 Å². The third kappa shape index (κ3) is 2.85. The van der Waals surface area contributed by atoms with Crippen LogP contribution in [0.1, 0.15) is 6.99 Å². The molecule has 1 aromatic rings. The highest BCUT2D eigenvalue weighted by Crippen LogP contribution is 1.96. The Balaban J connectivity index is 0. The van der Waals surface area contributed by atoms with Crippen LogP contribution in [0.15, 0.2) is 30.3 Å². The van der Waals surface area contributed by atoms with Gasteiger partial charge in [0, 0.05) is 0 Å². The SMILES string of the molecule is NCCc1ccccc1.[Cl-].[H+]. The molecule has 0 aliphatic heterocycles. The molecule has 1 nitrogen and oxygen atoms in total. The first-order chi connectivity index (χ1) is 4.43. The van der Waals surface area contributed by atoms with Crippen LogP contribution < -0.4 is 18.1 Å². The van der Waals surface area contributed by atoms with Crippen LogP contribution in [-0.2, 0) is 6.42 Å². The number of rotatable bonds is 2. The van der Waals surface area contributed by atoms with Crippen LogP contribution in [0.5, 0.6) is 0 Å². The van der Waals surface area contributed by atoms with Gasteiger partial charge in [-0.1, -0.05) is 30.3 Å². The zero-order chi connectivity index (χ0) is 6.53. The van der Waals surface area contributed by atoms with Crippen molar-refractivity contribution in [1.82, 2.24) is 0 Å². The second kappa shape index (κ2) is 5.27. The van der Waals surface area contributed by atoms with Gasteiger partial charge in [0.1, 0.15) is 0 Å². The molecule has 0 saturated heterocycles. The van der Waals surface area contributed by atoms with Crippen LogP contribution in [0.4, 0.5) is 0 Å². The van der Waals surface area contributed by atoms with Gasteiger partial charge in [-0.25, -0.2) is 0 Å². The molecule has 0 saturated carbocycles. The Bertz CT molecular complexity index is 167. The largest absolute Gasteiger partial charge is 1.00 e. The van der Waals surface area contributed by atoms with Crippen molar-refractivity contribution in [1.29, 1.82) is 0 Å². The lowest BCUT2D eigenvalue weighted by atomic mass is 10.2. The first-order valence-electron chi connectivity index (χ1n) is 3.17. The highest BCUT2D eigenvalue weighted by atomic mass is 35.5. The second-order valence-corrected chi connectivity index (χ2v) is 2.02. The predicted octanol–water partition coefficient (Wildman–Crippen LogP) is -1.70. The zero-order valence-electron chi connectivity index (χ0n) is 6.76. The van der Waals surface area contributed by atoms with Crippen molar-refractivity contribution in [2.45, 2.75) is 6.42 Å². The van der Waals surface area contributed by atoms with Gasteiger partial charge in [-0.2, -0.15) is 0 Å². The van der Waals surface area contributed by atoms with Crippen LogP contribution in [0.2, 0.25) is 0 Å². The van der Waals surface area contributed by atoms with E-state index in [0.717, 1.165) is 13.0 Å². The fourth-order valence-corrected chi connectivity index (χ4v) is 0.811. The standard InChI is InChI=1S/C8H11N.ClH/c9-7-6-8-4-2-1-3-5-8;/h1-5H,6-7,9H2;1H. The van der Waals surface area contributed by atoms with Gasteiger partial charge < -0.3 is 18.1 Å². The van der Waals surface area contributed by atoms with E-state index in [4.69, 9.17) is 5.73 Å². The molecule has 10 heavy (non-hydrogen) atoms. The molecule has 1 rings (SSSR count). The summed E-state index contributed by atoms with van der Waals surface area (Å²) in [6.45, 7) is 0.740. The quantitative estimate of drug-likeness (QED) is 0.545. The first kappa shape index (κ1) is 9.47. The van der Waals surface area contributed by atoms with Gasteiger partial charge in [0.05, 0.1) is 0 Å². The van der Waals surface area contributed by atoms with Crippen LogP contribution in [0.25, 0.3) is 0 Å². The van der Waals surface area contributed by atoms with Crippen LogP contribution in [0.3, 0.4) is 0 Å². The summed E-state index contributed by atoms with van der Waals surface area (Å²) in [4.78, 5) is 0. The highest BCUT2D eigenvalue weighted by molar-refractivity contribution is 5.14. The van der Waals surface area contributed by atoms with Gasteiger partial charge in [-0.05, 0) is 18.5 Å². The lowest BCUT2D eigenvalue weighted by Crippen LogP contribution is -3.00. The summed E-state index contributed by atoms with van der Waals surface area (Å²) in [7, 11) is 0. The number of halogens is 1. The maximum absolute atomic E-state index is 5.36. The Hall–Kier alpha value is -0.530. The van der Waals surface area contributed by atoms with E-state index in [0.29, 0.717) is 0 Å². The van der Waals surface area contributed by atoms with E-state index in [1.807, 2.05) is 18.2 Å². The Kier molecular flexibility index (Phi) is 4.99. The van der Waals surface area contributed by atoms with Crippen molar-refractivity contribution < 1.29 is 13.8 Å². The molecule has 0 heterocycles. The van der Waals surface area contributed by atoms with Crippen molar-refractivity contribution in [2.24, 2.45) is 5.73 Å². The summed E-state index contributed by atoms with van der Waals surface area (Å²) < 4.78 is 0. The molecule has 0 radical (unpaired) electrons. The maximum atomic E-state index is 5.36. The fraction of sp³-hybridized carbons (Fsp3) is 0.250. The molecule has 0 amide bonds. The lowest BCUT2D eigenvalue weighted by molar-refractivity contribution is -0.00000196. The summed E-state index contributed by atoms with van der Waals surface area (Å²) in [5.41, 5.74) is 6.68. The van der Waals surface area contributed by atoms with Crippen molar-refractivity contribution in [3.05, 3.63) is 35.9 Å². The van der Waals surface area contributed by atoms with E-state index < -0.39 is 0 Å².